The van der Waals surface area contributed by atoms with Gasteiger partial charge in [0.05, 0.1) is 16.1 Å². The van der Waals surface area contributed by atoms with E-state index in [9.17, 15) is 8.78 Å². The maximum Gasteiger partial charge on any atom is 0.145 e. The molecule has 1 aromatic carbocycles. The minimum absolute atomic E-state index is 0.0608. The second-order valence-electron chi connectivity index (χ2n) is 5.37. The summed E-state index contributed by atoms with van der Waals surface area (Å²) in [7, 11) is 0. The third kappa shape index (κ3) is 3.05. The second-order valence-corrected chi connectivity index (χ2v) is 6.22. The van der Waals surface area contributed by atoms with Crippen LogP contribution in [-0.2, 0) is 4.74 Å². The Labute approximate surface area is 127 Å². The molecular formula is C15H20BrF2NO. The number of hydrogen-bond donors (Lipinski definition) is 1. The molecular weight excluding hydrogens is 328 g/mol. The average Bonchev–Trinajstić information content (AvgIpc) is 2.43. The van der Waals surface area contributed by atoms with Gasteiger partial charge in [-0.2, -0.15) is 0 Å². The van der Waals surface area contributed by atoms with E-state index in [1.54, 1.807) is 0 Å². The third-order valence-corrected chi connectivity index (χ3v) is 4.50. The molecule has 0 radical (unpaired) electrons. The lowest BCUT2D eigenvalue weighted by Gasteiger charge is -2.41. The SMILES string of the molecule is CCNC(c1c(F)ccc(Br)c1F)C1(C)CCCCO1. The lowest BCUT2D eigenvalue weighted by atomic mass is 9.83. The molecule has 2 nitrogen and oxygen atoms in total. The van der Waals surface area contributed by atoms with Crippen molar-refractivity contribution in [3.05, 3.63) is 33.8 Å². The fourth-order valence-corrected chi connectivity index (χ4v) is 3.16. The molecule has 0 bridgehead atoms. The first-order valence-electron chi connectivity index (χ1n) is 7.00. The number of likely N-dealkylation sites (N-methyl/N-ethyl adjacent to an activating group) is 1. The summed E-state index contributed by atoms with van der Waals surface area (Å²) in [6.07, 6.45) is 2.80. The molecule has 0 saturated carbocycles. The number of nitrogens with one attached hydrogen (secondary N) is 1. The fourth-order valence-electron chi connectivity index (χ4n) is 2.82. The lowest BCUT2D eigenvalue weighted by Crippen LogP contribution is -2.46. The smallest absolute Gasteiger partial charge is 0.145 e. The third-order valence-electron chi connectivity index (χ3n) is 3.89. The predicted octanol–water partition coefficient (Wildman–Crippen LogP) is 4.34. The van der Waals surface area contributed by atoms with Gasteiger partial charge in [0.15, 0.2) is 0 Å². The molecule has 0 amide bonds. The van der Waals surface area contributed by atoms with Crippen LogP contribution in [0, 0.1) is 11.6 Å². The van der Waals surface area contributed by atoms with Gasteiger partial charge in [-0.1, -0.05) is 6.92 Å². The van der Waals surface area contributed by atoms with Crippen molar-refractivity contribution in [1.82, 2.24) is 5.32 Å². The molecule has 0 aromatic heterocycles. The highest BCUT2D eigenvalue weighted by atomic mass is 79.9. The van der Waals surface area contributed by atoms with Crippen molar-refractivity contribution in [2.24, 2.45) is 0 Å². The highest BCUT2D eigenvalue weighted by molar-refractivity contribution is 9.10. The Morgan fingerprint density at radius 1 is 1.40 bits per heavy atom. The summed E-state index contributed by atoms with van der Waals surface area (Å²) in [5.74, 6) is -1.08. The van der Waals surface area contributed by atoms with Crippen molar-refractivity contribution >= 4 is 15.9 Å². The van der Waals surface area contributed by atoms with E-state index in [0.717, 1.165) is 19.3 Å². The molecule has 5 heteroatoms. The van der Waals surface area contributed by atoms with E-state index < -0.39 is 23.3 Å². The summed E-state index contributed by atoms with van der Waals surface area (Å²) in [5.41, 5.74) is -0.526. The van der Waals surface area contributed by atoms with E-state index in [2.05, 4.69) is 21.2 Å². The zero-order valence-corrected chi connectivity index (χ0v) is 13.4. The number of benzene rings is 1. The Balaban J connectivity index is 2.45. The molecule has 20 heavy (non-hydrogen) atoms. The van der Waals surface area contributed by atoms with Crippen molar-refractivity contribution in [3.8, 4) is 0 Å². The molecule has 112 valence electrons. The van der Waals surface area contributed by atoms with Crippen molar-refractivity contribution in [1.29, 1.82) is 0 Å². The van der Waals surface area contributed by atoms with Crippen LogP contribution in [0.15, 0.2) is 16.6 Å². The monoisotopic (exact) mass is 347 g/mol. The van der Waals surface area contributed by atoms with E-state index in [0.29, 0.717) is 13.2 Å². The van der Waals surface area contributed by atoms with Gasteiger partial charge in [0.25, 0.3) is 0 Å². The fraction of sp³-hybridized carbons (Fsp3) is 0.600. The zero-order valence-electron chi connectivity index (χ0n) is 11.8. The van der Waals surface area contributed by atoms with Crippen molar-refractivity contribution in [2.45, 2.75) is 44.8 Å². The highest BCUT2D eigenvalue weighted by Gasteiger charge is 2.40. The molecule has 0 aliphatic carbocycles. The van der Waals surface area contributed by atoms with Crippen molar-refractivity contribution < 1.29 is 13.5 Å². The molecule has 2 rings (SSSR count). The van der Waals surface area contributed by atoms with Crippen LogP contribution >= 0.6 is 15.9 Å². The van der Waals surface area contributed by atoms with Crippen LogP contribution in [0.1, 0.15) is 44.7 Å². The average molecular weight is 348 g/mol. The summed E-state index contributed by atoms with van der Waals surface area (Å²) in [6, 6.07) is 2.19. The number of ether oxygens (including phenoxy) is 1. The lowest BCUT2D eigenvalue weighted by molar-refractivity contribution is -0.0908. The number of halogens is 3. The van der Waals surface area contributed by atoms with Gasteiger partial charge in [-0.25, -0.2) is 8.78 Å². The van der Waals surface area contributed by atoms with Gasteiger partial charge < -0.3 is 10.1 Å². The van der Waals surface area contributed by atoms with Crippen LogP contribution in [0.2, 0.25) is 0 Å². The van der Waals surface area contributed by atoms with Gasteiger partial charge in [0, 0.05) is 12.2 Å². The molecule has 0 spiro atoms. The maximum absolute atomic E-state index is 14.4. The normalized spacial score (nSPS) is 24.6. The van der Waals surface area contributed by atoms with Crippen LogP contribution in [0.25, 0.3) is 0 Å². The molecule has 1 aliphatic heterocycles. The predicted molar refractivity (Wildman–Crippen MR) is 78.7 cm³/mol. The van der Waals surface area contributed by atoms with Gasteiger partial charge in [-0.05, 0) is 60.8 Å². The first-order chi connectivity index (χ1) is 9.49. The number of hydrogen-bond acceptors (Lipinski definition) is 2. The summed E-state index contributed by atoms with van der Waals surface area (Å²) in [4.78, 5) is 0. The van der Waals surface area contributed by atoms with Gasteiger partial charge in [0.2, 0.25) is 0 Å². The van der Waals surface area contributed by atoms with Gasteiger partial charge in [-0.15, -0.1) is 0 Å². The van der Waals surface area contributed by atoms with Crippen LogP contribution in [0.3, 0.4) is 0 Å². The highest BCUT2D eigenvalue weighted by Crippen LogP contribution is 2.39. The topological polar surface area (TPSA) is 21.3 Å². The van der Waals surface area contributed by atoms with Gasteiger partial charge in [-0.3, -0.25) is 0 Å². The van der Waals surface area contributed by atoms with Gasteiger partial charge in [0.1, 0.15) is 11.6 Å². The van der Waals surface area contributed by atoms with Crippen molar-refractivity contribution in [2.75, 3.05) is 13.2 Å². The molecule has 2 atom stereocenters. The Bertz CT molecular complexity index is 475. The summed E-state index contributed by atoms with van der Waals surface area (Å²) in [6.45, 7) is 5.11. The van der Waals surface area contributed by atoms with E-state index in [1.165, 1.54) is 12.1 Å². The van der Waals surface area contributed by atoms with Crippen molar-refractivity contribution in [3.63, 3.8) is 0 Å². The quantitative estimate of drug-likeness (QED) is 0.818. The standard InChI is InChI=1S/C15H20BrF2NO/c1-3-19-14(15(2)8-4-5-9-20-15)12-11(17)7-6-10(16)13(12)18/h6-7,14,19H,3-5,8-9H2,1-2H3. The van der Waals surface area contributed by atoms with Crippen LogP contribution < -0.4 is 5.32 Å². The second kappa shape index (κ2) is 6.50. The first kappa shape index (κ1) is 15.9. The minimum atomic E-state index is -0.587. The molecule has 2 unspecified atom stereocenters. The minimum Gasteiger partial charge on any atom is -0.373 e. The molecule has 1 heterocycles. The summed E-state index contributed by atoms with van der Waals surface area (Å²) >= 11 is 3.13. The zero-order chi connectivity index (χ0) is 14.8. The molecule has 1 aliphatic rings. The summed E-state index contributed by atoms with van der Waals surface area (Å²) in [5, 5.41) is 3.19. The molecule has 1 fully saturated rings. The van der Waals surface area contributed by atoms with Crippen LogP contribution in [0.5, 0.6) is 0 Å². The van der Waals surface area contributed by atoms with Crippen LogP contribution in [-0.4, -0.2) is 18.8 Å². The molecule has 1 aromatic rings. The Hall–Kier alpha value is -0.520. The Morgan fingerprint density at radius 2 is 2.15 bits per heavy atom. The Morgan fingerprint density at radius 3 is 2.75 bits per heavy atom. The molecule has 1 N–H and O–H groups in total. The maximum atomic E-state index is 14.4. The van der Waals surface area contributed by atoms with Crippen LogP contribution in [0.4, 0.5) is 8.78 Å². The first-order valence-corrected chi connectivity index (χ1v) is 7.79. The van der Waals surface area contributed by atoms with E-state index in [4.69, 9.17) is 4.74 Å². The van der Waals surface area contributed by atoms with E-state index >= 15 is 0 Å². The van der Waals surface area contributed by atoms with Gasteiger partial charge >= 0.3 is 0 Å². The Kier molecular flexibility index (Phi) is 5.15. The van der Waals surface area contributed by atoms with E-state index in [-0.39, 0.29) is 10.0 Å². The largest absolute Gasteiger partial charge is 0.373 e. The van der Waals surface area contributed by atoms with E-state index in [1.807, 2.05) is 13.8 Å². The molecule has 1 saturated heterocycles. The number of rotatable bonds is 4. The summed E-state index contributed by atoms with van der Waals surface area (Å²) < 4.78 is 34.7.